The molecule has 4 aromatic rings. The largest absolute Gasteiger partial charge is 0.369 e. The molecule has 2 aromatic carbocycles. The van der Waals surface area contributed by atoms with E-state index in [1.165, 1.54) is 18.7 Å². The molecule has 0 bridgehead atoms. The van der Waals surface area contributed by atoms with Gasteiger partial charge < -0.3 is 9.64 Å². The molecule has 0 amide bonds. The molecule has 0 aliphatic heterocycles. The second-order valence-corrected chi connectivity index (χ2v) is 11.0. The first-order chi connectivity index (χ1) is 18.5. The van der Waals surface area contributed by atoms with Gasteiger partial charge in [-0.05, 0) is 48.0 Å². The monoisotopic (exact) mass is 579 g/mol. The fourth-order valence-electron chi connectivity index (χ4n) is 3.53. The predicted molar refractivity (Wildman–Crippen MR) is 140 cm³/mol. The molecule has 0 N–H and O–H groups in total. The van der Waals surface area contributed by atoms with Crippen LogP contribution in [0.5, 0.6) is 0 Å². The molecular formula is C25H21F4N5O3S2. The van der Waals surface area contributed by atoms with Crippen LogP contribution in [0, 0.1) is 23.3 Å². The summed E-state index contributed by atoms with van der Waals surface area (Å²) < 4.78 is 91.8. The van der Waals surface area contributed by atoms with Crippen molar-refractivity contribution in [1.29, 1.82) is 0 Å². The third-order valence-electron chi connectivity index (χ3n) is 5.24. The highest BCUT2D eigenvalue weighted by Crippen LogP contribution is 2.43. The SMILES string of the molecule is COCN(c1ccc(F)c(-c2nc(N=CN(C)C)sc2-c2ccncc2)c1F)S(=O)(=O)c1cc(F)ccc1F. The Bertz CT molecular complexity index is 1630. The first-order valence-corrected chi connectivity index (χ1v) is 13.4. The average molecular weight is 580 g/mol. The van der Waals surface area contributed by atoms with Crippen molar-refractivity contribution in [3.63, 3.8) is 0 Å². The van der Waals surface area contributed by atoms with E-state index in [0.717, 1.165) is 36.6 Å². The van der Waals surface area contributed by atoms with Gasteiger partial charge in [0.05, 0.1) is 28.2 Å². The number of rotatable bonds is 9. The molecule has 0 fully saturated rings. The average Bonchev–Trinajstić information content (AvgIpc) is 3.32. The molecule has 8 nitrogen and oxygen atoms in total. The highest BCUT2D eigenvalue weighted by molar-refractivity contribution is 7.92. The van der Waals surface area contributed by atoms with E-state index < -0.39 is 56.2 Å². The maximum atomic E-state index is 16.2. The van der Waals surface area contributed by atoms with Crippen LogP contribution in [0.3, 0.4) is 0 Å². The number of methoxy groups -OCH3 is 1. The van der Waals surface area contributed by atoms with Gasteiger partial charge in [0.15, 0.2) is 5.82 Å². The Kier molecular flexibility index (Phi) is 8.28. The molecule has 0 spiro atoms. The number of aliphatic imine (C=N–C) groups is 1. The van der Waals surface area contributed by atoms with Gasteiger partial charge in [-0.3, -0.25) is 4.98 Å². The molecule has 14 heteroatoms. The maximum absolute atomic E-state index is 16.2. The fraction of sp³-hybridized carbons (Fsp3) is 0.160. The van der Waals surface area contributed by atoms with Crippen molar-refractivity contribution in [2.75, 3.05) is 32.2 Å². The van der Waals surface area contributed by atoms with Gasteiger partial charge >= 0.3 is 0 Å². The normalized spacial score (nSPS) is 11.8. The second kappa shape index (κ2) is 11.5. The number of pyridine rings is 1. The summed E-state index contributed by atoms with van der Waals surface area (Å²) in [7, 11) is -0.308. The highest BCUT2D eigenvalue weighted by Gasteiger charge is 2.33. The van der Waals surface area contributed by atoms with Crippen LogP contribution in [-0.2, 0) is 14.8 Å². The minimum atomic E-state index is -4.90. The van der Waals surface area contributed by atoms with Crippen LogP contribution in [-0.4, -0.2) is 57.6 Å². The van der Waals surface area contributed by atoms with Crippen molar-refractivity contribution < 1.29 is 30.7 Å². The number of ether oxygens (including phenoxy) is 1. The van der Waals surface area contributed by atoms with Crippen molar-refractivity contribution >= 4 is 38.5 Å². The van der Waals surface area contributed by atoms with Gasteiger partial charge in [0.1, 0.15) is 29.1 Å². The van der Waals surface area contributed by atoms with E-state index in [1.54, 1.807) is 31.1 Å². The predicted octanol–water partition coefficient (Wildman–Crippen LogP) is 5.45. The molecule has 4 rings (SSSR count). The summed E-state index contributed by atoms with van der Waals surface area (Å²) in [5.74, 6) is -4.63. The summed E-state index contributed by atoms with van der Waals surface area (Å²) in [6, 6.07) is 6.79. The van der Waals surface area contributed by atoms with E-state index >= 15 is 8.78 Å². The van der Waals surface area contributed by atoms with E-state index in [0.29, 0.717) is 26.9 Å². The lowest BCUT2D eigenvalue weighted by molar-refractivity contribution is 0.209. The summed E-state index contributed by atoms with van der Waals surface area (Å²) in [5, 5.41) is 0.179. The van der Waals surface area contributed by atoms with E-state index in [4.69, 9.17) is 4.74 Å². The minimum Gasteiger partial charge on any atom is -0.369 e. The van der Waals surface area contributed by atoms with Crippen molar-refractivity contribution in [3.05, 3.63) is 78.1 Å². The van der Waals surface area contributed by atoms with Crippen LogP contribution in [0.25, 0.3) is 21.7 Å². The van der Waals surface area contributed by atoms with E-state index in [9.17, 15) is 17.2 Å². The molecule has 39 heavy (non-hydrogen) atoms. The van der Waals surface area contributed by atoms with Crippen molar-refractivity contribution in [2.45, 2.75) is 4.90 Å². The summed E-state index contributed by atoms with van der Waals surface area (Å²) in [6.45, 7) is -0.785. The quantitative estimate of drug-likeness (QED) is 0.113. The first kappa shape index (κ1) is 28.1. The van der Waals surface area contributed by atoms with Gasteiger partial charge in [-0.25, -0.2) is 40.3 Å². The summed E-state index contributed by atoms with van der Waals surface area (Å²) >= 11 is 1.05. The van der Waals surface area contributed by atoms with Crippen LogP contribution in [0.1, 0.15) is 0 Å². The maximum Gasteiger partial charge on any atom is 0.269 e. The molecule has 0 saturated carbocycles. The zero-order chi connectivity index (χ0) is 28.3. The Hall–Kier alpha value is -3.88. The van der Waals surface area contributed by atoms with Crippen LogP contribution < -0.4 is 4.31 Å². The topological polar surface area (TPSA) is 88.0 Å². The third-order valence-corrected chi connectivity index (χ3v) is 8.00. The Morgan fingerprint density at radius 1 is 1.03 bits per heavy atom. The molecular weight excluding hydrogens is 558 g/mol. The number of hydrogen-bond donors (Lipinski definition) is 0. The highest BCUT2D eigenvalue weighted by atomic mass is 32.2. The van der Waals surface area contributed by atoms with Crippen LogP contribution in [0.4, 0.5) is 28.4 Å². The van der Waals surface area contributed by atoms with Gasteiger partial charge in [0.2, 0.25) is 5.13 Å². The lowest BCUT2D eigenvalue weighted by Crippen LogP contribution is -2.34. The van der Waals surface area contributed by atoms with Gasteiger partial charge in [-0.15, -0.1) is 0 Å². The number of halogens is 4. The molecule has 0 aliphatic rings. The first-order valence-electron chi connectivity index (χ1n) is 11.1. The second-order valence-electron chi connectivity index (χ2n) is 8.22. The molecule has 0 unspecified atom stereocenters. The summed E-state index contributed by atoms with van der Waals surface area (Å²) in [6.07, 6.45) is 4.44. The van der Waals surface area contributed by atoms with E-state index in [1.807, 2.05) is 0 Å². The standard InChI is InChI=1S/C25H21F4N5O3S2/c1-33(2)13-31-25-32-23(24(38-25)15-8-10-30-11-9-15)21-18(28)6-7-19(22(21)29)34(14-37-3)39(35,36)20-12-16(26)4-5-17(20)27/h4-13H,14H2,1-3H3. The Morgan fingerprint density at radius 3 is 2.38 bits per heavy atom. The van der Waals surface area contributed by atoms with Crippen LogP contribution >= 0.6 is 11.3 Å². The molecule has 2 aromatic heterocycles. The zero-order valence-corrected chi connectivity index (χ0v) is 22.4. The molecule has 0 aliphatic carbocycles. The lowest BCUT2D eigenvalue weighted by Gasteiger charge is -2.25. The summed E-state index contributed by atoms with van der Waals surface area (Å²) in [4.78, 5) is 13.5. The smallest absolute Gasteiger partial charge is 0.269 e. The lowest BCUT2D eigenvalue weighted by atomic mass is 10.1. The molecule has 204 valence electrons. The minimum absolute atomic E-state index is 0.138. The zero-order valence-electron chi connectivity index (χ0n) is 20.8. The summed E-state index contributed by atoms with van der Waals surface area (Å²) in [5.41, 5.74) is -0.904. The van der Waals surface area contributed by atoms with Crippen molar-refractivity contribution in [1.82, 2.24) is 14.9 Å². The van der Waals surface area contributed by atoms with Crippen molar-refractivity contribution in [3.8, 4) is 21.7 Å². The number of sulfonamides is 1. The number of nitrogens with zero attached hydrogens (tertiary/aromatic N) is 5. The van der Waals surface area contributed by atoms with Crippen molar-refractivity contribution in [2.24, 2.45) is 4.99 Å². The number of thiazole rings is 1. The molecule has 0 atom stereocenters. The number of anilines is 1. The number of hydrogen-bond acceptors (Lipinski definition) is 7. The molecule has 0 saturated heterocycles. The van der Waals surface area contributed by atoms with Crippen LogP contribution in [0.15, 0.2) is 64.7 Å². The van der Waals surface area contributed by atoms with E-state index in [-0.39, 0.29) is 10.8 Å². The third kappa shape index (κ3) is 5.77. The van der Waals surface area contributed by atoms with E-state index in [2.05, 4.69) is 15.0 Å². The molecule has 0 radical (unpaired) electrons. The van der Waals surface area contributed by atoms with Crippen LogP contribution in [0.2, 0.25) is 0 Å². The van der Waals surface area contributed by atoms with Gasteiger partial charge in [0.25, 0.3) is 10.0 Å². The fourth-order valence-corrected chi connectivity index (χ4v) is 5.90. The number of benzene rings is 2. The van der Waals surface area contributed by atoms with Gasteiger partial charge in [-0.2, -0.15) is 0 Å². The Balaban J connectivity index is 1.94. The number of aromatic nitrogens is 2. The molecule has 2 heterocycles. The Labute approximate surface area is 225 Å². The Morgan fingerprint density at radius 2 is 1.72 bits per heavy atom. The van der Waals surface area contributed by atoms with Gasteiger partial charge in [-0.1, -0.05) is 11.3 Å². The van der Waals surface area contributed by atoms with Gasteiger partial charge in [0, 0.05) is 33.6 Å².